The van der Waals surface area contributed by atoms with Crippen LogP contribution in [0.5, 0.6) is 5.75 Å². The minimum Gasteiger partial charge on any atom is -0.497 e. The van der Waals surface area contributed by atoms with E-state index < -0.39 is 0 Å². The Morgan fingerprint density at radius 2 is 0.775 bits per heavy atom. The molecule has 1 aromatic heterocycles. The molecule has 0 aliphatic rings. The molecule has 1 heterocycles. The van der Waals surface area contributed by atoms with Gasteiger partial charge in [0.25, 0.3) is 0 Å². The Kier molecular flexibility index (Phi) is 7.06. The average molecular weight is 523 g/mol. The monoisotopic (exact) mass is 522 g/mol. The highest BCUT2D eigenvalue weighted by Crippen LogP contribution is 2.37. The van der Waals surface area contributed by atoms with E-state index in [0.717, 1.165) is 56.2 Å². The summed E-state index contributed by atoms with van der Waals surface area (Å²) in [6.07, 6.45) is 3.62. The van der Waals surface area contributed by atoms with Crippen LogP contribution in [0.15, 0.2) is 146 Å². The van der Waals surface area contributed by atoms with Crippen LogP contribution in [0.2, 0.25) is 0 Å². The summed E-state index contributed by atoms with van der Waals surface area (Å²) in [5.41, 5.74) is 9.65. The maximum atomic E-state index is 13.4. The predicted octanol–water partition coefficient (Wildman–Crippen LogP) is 9.70. The maximum absolute atomic E-state index is 13.4. The molecule has 0 radical (unpaired) electrons. The van der Waals surface area contributed by atoms with Crippen LogP contribution in [0.4, 0.5) is 21.5 Å². The molecule has 0 bridgehead atoms. The van der Waals surface area contributed by atoms with E-state index in [2.05, 4.69) is 94.8 Å². The van der Waals surface area contributed by atoms with Gasteiger partial charge in [0.2, 0.25) is 0 Å². The van der Waals surface area contributed by atoms with Crippen molar-refractivity contribution >= 4 is 17.1 Å². The van der Waals surface area contributed by atoms with Crippen LogP contribution in [0, 0.1) is 5.82 Å². The molecule has 0 N–H and O–H groups in total. The lowest BCUT2D eigenvalue weighted by Gasteiger charge is -2.26. The number of rotatable bonds is 7. The van der Waals surface area contributed by atoms with Gasteiger partial charge in [0, 0.05) is 29.5 Å². The van der Waals surface area contributed by atoms with Crippen molar-refractivity contribution in [3.8, 4) is 39.1 Å². The van der Waals surface area contributed by atoms with Crippen molar-refractivity contribution in [3.63, 3.8) is 0 Å². The molecule has 194 valence electrons. The summed E-state index contributed by atoms with van der Waals surface area (Å²) in [4.78, 5) is 6.37. The molecule has 0 aliphatic heterocycles. The third kappa shape index (κ3) is 5.33. The van der Waals surface area contributed by atoms with Gasteiger partial charge in [-0.3, -0.25) is 4.98 Å². The second-order valence-electron chi connectivity index (χ2n) is 9.45. The quantitative estimate of drug-likeness (QED) is 0.209. The van der Waals surface area contributed by atoms with E-state index in [4.69, 9.17) is 4.74 Å². The molecule has 0 saturated heterocycles. The second-order valence-corrected chi connectivity index (χ2v) is 9.45. The Bertz CT molecular complexity index is 1680. The third-order valence-corrected chi connectivity index (χ3v) is 6.99. The smallest absolute Gasteiger partial charge is 0.123 e. The highest BCUT2D eigenvalue weighted by molar-refractivity contribution is 5.81. The van der Waals surface area contributed by atoms with Crippen molar-refractivity contribution in [1.82, 2.24) is 4.98 Å². The first-order chi connectivity index (χ1) is 19.7. The molecular formula is C36H27FN2O. The fraction of sp³-hybridized carbons (Fsp3) is 0.0278. The highest BCUT2D eigenvalue weighted by Gasteiger charge is 2.14. The van der Waals surface area contributed by atoms with Gasteiger partial charge < -0.3 is 9.64 Å². The first-order valence-electron chi connectivity index (χ1n) is 13.1. The van der Waals surface area contributed by atoms with Gasteiger partial charge in [-0.15, -0.1) is 0 Å². The molecule has 0 fully saturated rings. The summed E-state index contributed by atoms with van der Waals surface area (Å²) < 4.78 is 18.7. The highest BCUT2D eigenvalue weighted by atomic mass is 19.1. The van der Waals surface area contributed by atoms with Crippen molar-refractivity contribution in [2.24, 2.45) is 0 Å². The number of hydrogen-bond donors (Lipinski definition) is 0. The van der Waals surface area contributed by atoms with E-state index >= 15 is 0 Å². The molecule has 6 rings (SSSR count). The van der Waals surface area contributed by atoms with Crippen LogP contribution in [0.3, 0.4) is 0 Å². The van der Waals surface area contributed by atoms with Gasteiger partial charge in [-0.2, -0.15) is 0 Å². The van der Waals surface area contributed by atoms with Crippen LogP contribution in [0.25, 0.3) is 33.4 Å². The van der Waals surface area contributed by atoms with Gasteiger partial charge in [-0.25, -0.2) is 4.39 Å². The van der Waals surface area contributed by atoms with Crippen LogP contribution >= 0.6 is 0 Å². The molecule has 5 aromatic carbocycles. The Morgan fingerprint density at radius 3 is 1.15 bits per heavy atom. The van der Waals surface area contributed by atoms with Crippen molar-refractivity contribution in [3.05, 3.63) is 152 Å². The van der Waals surface area contributed by atoms with Gasteiger partial charge in [-0.1, -0.05) is 60.7 Å². The summed E-state index contributed by atoms with van der Waals surface area (Å²) in [7, 11) is 1.67. The van der Waals surface area contributed by atoms with Gasteiger partial charge in [-0.05, 0) is 106 Å². The molecule has 3 nitrogen and oxygen atoms in total. The fourth-order valence-corrected chi connectivity index (χ4v) is 4.83. The molecule has 0 aliphatic carbocycles. The molecule has 0 unspecified atom stereocenters. The second kappa shape index (κ2) is 11.3. The Morgan fingerprint density at radius 1 is 0.450 bits per heavy atom. The van der Waals surface area contributed by atoms with Gasteiger partial charge in [0.1, 0.15) is 11.6 Å². The zero-order chi connectivity index (χ0) is 27.3. The summed E-state index contributed by atoms with van der Waals surface area (Å²) >= 11 is 0. The summed E-state index contributed by atoms with van der Waals surface area (Å²) in [6, 6.07) is 44.2. The maximum Gasteiger partial charge on any atom is 0.123 e. The minimum atomic E-state index is -0.236. The van der Waals surface area contributed by atoms with Crippen molar-refractivity contribution in [1.29, 1.82) is 0 Å². The summed E-state index contributed by atoms with van der Waals surface area (Å²) in [5.74, 6) is 0.602. The first-order valence-corrected chi connectivity index (χ1v) is 13.1. The number of methoxy groups -OCH3 is 1. The van der Waals surface area contributed by atoms with E-state index in [1.807, 2.05) is 36.7 Å². The first kappa shape index (κ1) is 25.1. The number of anilines is 3. The summed E-state index contributed by atoms with van der Waals surface area (Å²) in [6.45, 7) is 0. The molecule has 0 spiro atoms. The van der Waals surface area contributed by atoms with Crippen LogP contribution in [-0.2, 0) is 0 Å². The normalized spacial score (nSPS) is 10.8. The van der Waals surface area contributed by atoms with Crippen LogP contribution < -0.4 is 9.64 Å². The largest absolute Gasteiger partial charge is 0.497 e. The Hall–Kier alpha value is -5.22. The third-order valence-electron chi connectivity index (χ3n) is 6.99. The fourth-order valence-electron chi connectivity index (χ4n) is 4.83. The predicted molar refractivity (Wildman–Crippen MR) is 162 cm³/mol. The van der Waals surface area contributed by atoms with E-state index in [9.17, 15) is 4.39 Å². The van der Waals surface area contributed by atoms with E-state index in [0.29, 0.717) is 0 Å². The number of pyridine rings is 1. The molecule has 0 amide bonds. The number of benzene rings is 5. The lowest BCUT2D eigenvalue weighted by molar-refractivity contribution is 0.415. The number of nitrogens with zero attached hydrogens (tertiary/aromatic N) is 2. The van der Waals surface area contributed by atoms with Crippen molar-refractivity contribution in [2.75, 3.05) is 12.0 Å². The molecule has 0 atom stereocenters. The van der Waals surface area contributed by atoms with Crippen molar-refractivity contribution < 1.29 is 9.13 Å². The molecule has 4 heteroatoms. The van der Waals surface area contributed by atoms with Crippen LogP contribution in [0.1, 0.15) is 0 Å². The standard InChI is InChI=1S/C36H27FN2O/c1-40-36-20-10-30(11-21-36)28-6-16-34(17-7-28)39(35-18-8-29(9-19-35)31-22-24-38-25-23-31)33-14-4-27(5-15-33)26-2-12-32(37)13-3-26/h2-25H,1H3. The Balaban J connectivity index is 1.36. The van der Waals surface area contributed by atoms with E-state index in [1.165, 1.54) is 12.1 Å². The number of aromatic nitrogens is 1. The molecule has 6 aromatic rings. The number of ether oxygens (including phenoxy) is 1. The molecule has 40 heavy (non-hydrogen) atoms. The zero-order valence-electron chi connectivity index (χ0n) is 22.0. The molecular weight excluding hydrogens is 495 g/mol. The number of halogens is 1. The van der Waals surface area contributed by atoms with Crippen molar-refractivity contribution in [2.45, 2.75) is 0 Å². The zero-order valence-corrected chi connectivity index (χ0v) is 22.0. The lowest BCUT2D eigenvalue weighted by Crippen LogP contribution is -2.09. The number of hydrogen-bond acceptors (Lipinski definition) is 3. The van der Waals surface area contributed by atoms with Crippen LogP contribution in [-0.4, -0.2) is 12.1 Å². The van der Waals surface area contributed by atoms with Gasteiger partial charge in [0.15, 0.2) is 0 Å². The van der Waals surface area contributed by atoms with Gasteiger partial charge >= 0.3 is 0 Å². The van der Waals surface area contributed by atoms with E-state index in [-0.39, 0.29) is 5.82 Å². The topological polar surface area (TPSA) is 25.4 Å². The van der Waals surface area contributed by atoms with E-state index in [1.54, 1.807) is 19.2 Å². The lowest BCUT2D eigenvalue weighted by atomic mass is 10.0. The minimum absolute atomic E-state index is 0.236. The summed E-state index contributed by atoms with van der Waals surface area (Å²) in [5, 5.41) is 0. The van der Waals surface area contributed by atoms with Gasteiger partial charge in [0.05, 0.1) is 7.11 Å². The average Bonchev–Trinajstić information content (AvgIpc) is 3.03. The SMILES string of the molecule is COc1ccc(-c2ccc(N(c3ccc(-c4ccncc4)cc3)c3ccc(-c4ccc(F)cc4)cc3)cc2)cc1. The molecule has 0 saturated carbocycles. The Labute approximate surface area is 233 Å².